The van der Waals surface area contributed by atoms with E-state index in [4.69, 9.17) is 12.2 Å². The van der Waals surface area contributed by atoms with Crippen LogP contribution in [-0.4, -0.2) is 9.55 Å². The Labute approximate surface area is 117 Å². The number of aryl methyl sites for hydroxylation is 1. The molecule has 1 N–H and O–H groups in total. The lowest BCUT2D eigenvalue weighted by Gasteiger charge is -2.21. The Bertz CT molecular complexity index is 623. The maximum Gasteiger partial charge on any atom is 0.178 e. The van der Waals surface area contributed by atoms with Crippen LogP contribution in [0, 0.1) is 16.5 Å². The number of hydrogen-bond donors (Lipinski definition) is 1. The zero-order valence-corrected chi connectivity index (χ0v) is 11.8. The predicted molar refractivity (Wildman–Crippen MR) is 78.3 cm³/mol. The van der Waals surface area contributed by atoms with Gasteiger partial charge in [0.1, 0.15) is 5.82 Å². The Morgan fingerprint density at radius 2 is 2.05 bits per heavy atom. The summed E-state index contributed by atoms with van der Waals surface area (Å²) >= 11 is 5.35. The topological polar surface area (TPSA) is 20.7 Å². The molecule has 1 aromatic carbocycles. The minimum absolute atomic E-state index is 0.219. The molecule has 102 valence electrons. The van der Waals surface area contributed by atoms with E-state index < -0.39 is 0 Å². The second-order valence-corrected chi connectivity index (χ2v) is 5.92. The fraction of sp³-hybridized carbons (Fsp3) is 0.533. The molecular weight excluding hydrogens is 259 g/mol. The minimum Gasteiger partial charge on any atom is -0.330 e. The number of hydrogen-bond acceptors (Lipinski definition) is 1. The highest BCUT2D eigenvalue weighted by Crippen LogP contribution is 2.27. The van der Waals surface area contributed by atoms with Gasteiger partial charge in [0.2, 0.25) is 0 Å². The van der Waals surface area contributed by atoms with Crippen LogP contribution >= 0.6 is 12.2 Å². The van der Waals surface area contributed by atoms with Crippen molar-refractivity contribution in [3.05, 3.63) is 28.8 Å². The van der Waals surface area contributed by atoms with Gasteiger partial charge in [0.05, 0.1) is 11.0 Å². The third kappa shape index (κ3) is 2.73. The number of aromatic amines is 1. The lowest BCUT2D eigenvalue weighted by molar-refractivity contribution is 0.325. The lowest BCUT2D eigenvalue weighted by atomic mass is 9.87. The molecule has 1 aliphatic carbocycles. The van der Waals surface area contributed by atoms with Gasteiger partial charge in [0.15, 0.2) is 4.77 Å². The van der Waals surface area contributed by atoms with Crippen LogP contribution in [0.5, 0.6) is 0 Å². The van der Waals surface area contributed by atoms with Crippen molar-refractivity contribution >= 4 is 23.3 Å². The first-order valence-corrected chi connectivity index (χ1v) is 7.53. The molecule has 1 heterocycles. The number of aromatic nitrogens is 2. The van der Waals surface area contributed by atoms with Crippen LogP contribution in [-0.2, 0) is 6.54 Å². The van der Waals surface area contributed by atoms with Crippen LogP contribution in [0.4, 0.5) is 4.39 Å². The van der Waals surface area contributed by atoms with Crippen molar-refractivity contribution in [2.24, 2.45) is 5.92 Å². The number of nitrogens with one attached hydrogen (secondary N) is 1. The number of nitrogens with zero attached hydrogens (tertiary/aromatic N) is 1. The Kier molecular flexibility index (Phi) is 3.69. The minimum atomic E-state index is -0.219. The molecule has 0 amide bonds. The number of fused-ring (bicyclic) bond motifs is 1. The van der Waals surface area contributed by atoms with Gasteiger partial charge in [0.25, 0.3) is 0 Å². The molecule has 1 saturated carbocycles. The highest BCUT2D eigenvalue weighted by Gasteiger charge is 2.14. The second kappa shape index (κ2) is 5.45. The van der Waals surface area contributed by atoms with Crippen LogP contribution in [0.2, 0.25) is 0 Å². The molecule has 0 unspecified atom stereocenters. The average molecular weight is 278 g/mol. The van der Waals surface area contributed by atoms with E-state index in [1.807, 2.05) is 6.07 Å². The van der Waals surface area contributed by atoms with Gasteiger partial charge in [-0.1, -0.05) is 32.1 Å². The quantitative estimate of drug-likeness (QED) is 0.799. The van der Waals surface area contributed by atoms with Crippen molar-refractivity contribution in [2.75, 3.05) is 0 Å². The van der Waals surface area contributed by atoms with Gasteiger partial charge >= 0.3 is 0 Å². The Hall–Kier alpha value is -1.16. The Morgan fingerprint density at radius 1 is 1.26 bits per heavy atom. The number of benzene rings is 1. The molecule has 0 saturated heterocycles. The number of H-pyrrole nitrogens is 1. The fourth-order valence-corrected chi connectivity index (χ4v) is 3.44. The maximum absolute atomic E-state index is 13.2. The van der Waals surface area contributed by atoms with Crippen molar-refractivity contribution in [1.82, 2.24) is 9.55 Å². The lowest BCUT2D eigenvalue weighted by Crippen LogP contribution is -2.10. The van der Waals surface area contributed by atoms with Crippen molar-refractivity contribution in [3.63, 3.8) is 0 Å². The number of halogens is 1. The summed E-state index contributed by atoms with van der Waals surface area (Å²) in [6, 6.07) is 4.84. The third-order valence-corrected chi connectivity index (χ3v) is 4.54. The molecule has 0 radical (unpaired) electrons. The van der Waals surface area contributed by atoms with Crippen molar-refractivity contribution in [2.45, 2.75) is 45.1 Å². The van der Waals surface area contributed by atoms with Gasteiger partial charge < -0.3 is 9.55 Å². The van der Waals surface area contributed by atoms with Crippen molar-refractivity contribution < 1.29 is 4.39 Å². The van der Waals surface area contributed by atoms with E-state index >= 15 is 0 Å². The molecule has 2 aromatic rings. The zero-order valence-electron chi connectivity index (χ0n) is 11.0. The first-order chi connectivity index (χ1) is 9.24. The van der Waals surface area contributed by atoms with E-state index in [1.165, 1.54) is 50.7 Å². The molecular formula is C15H19FN2S. The van der Waals surface area contributed by atoms with E-state index in [1.54, 1.807) is 0 Å². The van der Waals surface area contributed by atoms with E-state index in [2.05, 4.69) is 9.55 Å². The first kappa shape index (κ1) is 12.9. The summed E-state index contributed by atoms with van der Waals surface area (Å²) in [5, 5.41) is 0. The summed E-state index contributed by atoms with van der Waals surface area (Å²) in [7, 11) is 0. The molecule has 0 spiro atoms. The van der Waals surface area contributed by atoms with E-state index in [9.17, 15) is 4.39 Å². The third-order valence-electron chi connectivity index (χ3n) is 4.22. The van der Waals surface area contributed by atoms with Gasteiger partial charge in [-0.05, 0) is 42.8 Å². The Balaban J connectivity index is 1.80. The monoisotopic (exact) mass is 278 g/mol. The van der Waals surface area contributed by atoms with Gasteiger partial charge in [-0.3, -0.25) is 0 Å². The van der Waals surface area contributed by atoms with Gasteiger partial charge in [-0.25, -0.2) is 4.39 Å². The van der Waals surface area contributed by atoms with Crippen LogP contribution < -0.4 is 0 Å². The predicted octanol–water partition coefficient (Wildman–Crippen LogP) is 4.81. The molecule has 2 nitrogen and oxygen atoms in total. The molecule has 0 aliphatic heterocycles. The van der Waals surface area contributed by atoms with E-state index in [0.29, 0.717) is 4.77 Å². The molecule has 4 heteroatoms. The smallest absolute Gasteiger partial charge is 0.178 e. The molecule has 0 atom stereocenters. The highest BCUT2D eigenvalue weighted by molar-refractivity contribution is 7.71. The van der Waals surface area contributed by atoms with Crippen molar-refractivity contribution in [3.8, 4) is 0 Å². The van der Waals surface area contributed by atoms with Crippen LogP contribution in [0.1, 0.15) is 38.5 Å². The molecule has 0 bridgehead atoms. The first-order valence-electron chi connectivity index (χ1n) is 7.12. The number of imidazole rings is 1. The highest BCUT2D eigenvalue weighted by atomic mass is 32.1. The summed E-state index contributed by atoms with van der Waals surface area (Å²) in [6.45, 7) is 0.940. The van der Waals surface area contributed by atoms with E-state index in [0.717, 1.165) is 23.5 Å². The summed E-state index contributed by atoms with van der Waals surface area (Å²) in [5.74, 6) is 0.615. The van der Waals surface area contributed by atoms with Gasteiger partial charge in [-0.2, -0.15) is 0 Å². The molecule has 1 fully saturated rings. The molecule has 1 aromatic heterocycles. The summed E-state index contributed by atoms with van der Waals surface area (Å²) in [4.78, 5) is 3.09. The van der Waals surface area contributed by atoms with Gasteiger partial charge in [-0.15, -0.1) is 0 Å². The van der Waals surface area contributed by atoms with Crippen LogP contribution in [0.15, 0.2) is 18.2 Å². The Morgan fingerprint density at radius 3 is 2.84 bits per heavy atom. The summed E-state index contributed by atoms with van der Waals surface area (Å²) in [6.07, 6.45) is 8.01. The normalized spacial score (nSPS) is 17.1. The summed E-state index contributed by atoms with van der Waals surface area (Å²) < 4.78 is 16.0. The fourth-order valence-electron chi connectivity index (χ4n) is 3.15. The largest absolute Gasteiger partial charge is 0.330 e. The van der Waals surface area contributed by atoms with Gasteiger partial charge in [0, 0.05) is 6.54 Å². The molecule has 19 heavy (non-hydrogen) atoms. The van der Waals surface area contributed by atoms with E-state index in [-0.39, 0.29) is 5.82 Å². The maximum atomic E-state index is 13.2. The SMILES string of the molecule is Fc1ccc2c(c1)[nH]c(=S)n2CCC1CCCCC1. The van der Waals surface area contributed by atoms with Crippen LogP contribution in [0.3, 0.4) is 0 Å². The standard InChI is InChI=1S/C15H19FN2S/c16-12-6-7-14-13(10-12)17-15(19)18(14)9-8-11-4-2-1-3-5-11/h6-7,10-11H,1-5,8-9H2,(H,17,19). The summed E-state index contributed by atoms with van der Waals surface area (Å²) in [5.41, 5.74) is 1.82. The molecule has 3 rings (SSSR count). The second-order valence-electron chi connectivity index (χ2n) is 5.54. The average Bonchev–Trinajstić information content (AvgIpc) is 2.72. The van der Waals surface area contributed by atoms with Crippen molar-refractivity contribution in [1.29, 1.82) is 0 Å². The van der Waals surface area contributed by atoms with Crippen LogP contribution in [0.25, 0.3) is 11.0 Å². The molecule has 1 aliphatic rings. The zero-order chi connectivity index (χ0) is 13.2. The number of rotatable bonds is 3.